The van der Waals surface area contributed by atoms with E-state index in [1.807, 2.05) is 31.2 Å². The topological polar surface area (TPSA) is 126 Å². The van der Waals surface area contributed by atoms with Crippen LogP contribution >= 0.6 is 0 Å². The maximum Gasteiger partial charge on any atom is 0.325 e. The van der Waals surface area contributed by atoms with E-state index in [0.717, 1.165) is 36.9 Å². The maximum atomic E-state index is 13.1. The number of carbonyl (C=O) groups is 2. The van der Waals surface area contributed by atoms with Gasteiger partial charge in [0.15, 0.2) is 5.82 Å². The molecule has 9 heteroatoms. The van der Waals surface area contributed by atoms with Gasteiger partial charge in [-0.1, -0.05) is 43.4 Å². The third-order valence-corrected chi connectivity index (χ3v) is 5.51. The van der Waals surface area contributed by atoms with Gasteiger partial charge in [-0.15, -0.1) is 0 Å². The van der Waals surface area contributed by atoms with Crippen molar-refractivity contribution in [1.82, 2.24) is 25.2 Å². The van der Waals surface area contributed by atoms with Crippen molar-refractivity contribution in [1.29, 1.82) is 0 Å². The number of benzene rings is 1. The van der Waals surface area contributed by atoms with Crippen LogP contribution in [-0.4, -0.2) is 37.3 Å². The summed E-state index contributed by atoms with van der Waals surface area (Å²) in [7, 11) is 0. The van der Waals surface area contributed by atoms with Gasteiger partial charge < -0.3 is 16.4 Å². The van der Waals surface area contributed by atoms with Gasteiger partial charge in [0.2, 0.25) is 11.9 Å². The molecule has 1 saturated heterocycles. The molecule has 3 amide bonds. The first-order valence-electron chi connectivity index (χ1n) is 9.93. The number of urea groups is 1. The molecule has 2 fully saturated rings. The first kappa shape index (κ1) is 19.1. The third-order valence-electron chi connectivity index (χ3n) is 5.51. The Bertz CT molecular complexity index is 921. The lowest BCUT2D eigenvalue weighted by molar-refractivity contribution is -0.132. The van der Waals surface area contributed by atoms with Gasteiger partial charge in [-0.3, -0.25) is 9.69 Å². The number of nitrogens with one attached hydrogen (secondary N) is 2. The number of rotatable bonds is 4. The molecule has 29 heavy (non-hydrogen) atoms. The summed E-state index contributed by atoms with van der Waals surface area (Å²) in [6, 6.07) is 7.34. The fourth-order valence-corrected chi connectivity index (χ4v) is 3.96. The summed E-state index contributed by atoms with van der Waals surface area (Å²) in [5, 5.41) is 6.00. The second kappa shape index (κ2) is 7.65. The monoisotopic (exact) mass is 395 g/mol. The van der Waals surface area contributed by atoms with Gasteiger partial charge in [-0.2, -0.15) is 15.0 Å². The normalized spacial score (nSPS) is 18.6. The number of aryl methyl sites for hydroxylation is 1. The first-order chi connectivity index (χ1) is 13.9. The van der Waals surface area contributed by atoms with Gasteiger partial charge in [0.05, 0.1) is 6.54 Å². The Hall–Kier alpha value is -3.23. The summed E-state index contributed by atoms with van der Waals surface area (Å²) in [6.07, 6.45) is 5.39. The predicted octanol–water partition coefficient (Wildman–Crippen LogP) is 2.65. The zero-order chi connectivity index (χ0) is 20.4. The van der Waals surface area contributed by atoms with E-state index in [2.05, 4.69) is 25.6 Å². The van der Waals surface area contributed by atoms with Crippen molar-refractivity contribution in [3.05, 3.63) is 35.7 Å². The van der Waals surface area contributed by atoms with Crippen LogP contribution in [-0.2, 0) is 11.3 Å². The van der Waals surface area contributed by atoms with Crippen LogP contribution in [0.25, 0.3) is 0 Å². The van der Waals surface area contributed by atoms with E-state index < -0.39 is 11.6 Å². The maximum absolute atomic E-state index is 13.1. The fourth-order valence-electron chi connectivity index (χ4n) is 3.96. The standard InChI is InChI=1S/C20H25N7O2/c1-13-6-8-14(9-7-13)22-18-24-15(23-17(21)25-18)12-27-16(28)20(26-19(27)29)10-4-2-3-5-11-20/h6-9H,2-5,10-12H2,1H3,(H,26,29)(H3,21,22,23,24,25). The number of anilines is 3. The van der Waals surface area contributed by atoms with Crippen LogP contribution in [0.4, 0.5) is 22.4 Å². The molecule has 0 atom stereocenters. The summed E-state index contributed by atoms with van der Waals surface area (Å²) >= 11 is 0. The highest BCUT2D eigenvalue weighted by atomic mass is 16.2. The number of hydrogen-bond donors (Lipinski definition) is 3. The molecule has 152 valence electrons. The second-order valence-electron chi connectivity index (χ2n) is 7.74. The molecule has 2 aliphatic rings. The van der Waals surface area contributed by atoms with Crippen molar-refractivity contribution in [3.63, 3.8) is 0 Å². The summed E-state index contributed by atoms with van der Waals surface area (Å²) < 4.78 is 0. The summed E-state index contributed by atoms with van der Waals surface area (Å²) in [5.41, 5.74) is 6.99. The minimum atomic E-state index is -0.783. The van der Waals surface area contributed by atoms with Gasteiger partial charge in [-0.05, 0) is 31.9 Å². The third kappa shape index (κ3) is 3.98. The van der Waals surface area contributed by atoms with Crippen molar-refractivity contribution in [3.8, 4) is 0 Å². The van der Waals surface area contributed by atoms with Gasteiger partial charge in [0, 0.05) is 5.69 Å². The molecule has 1 aromatic carbocycles. The number of amides is 3. The quantitative estimate of drug-likeness (QED) is 0.679. The predicted molar refractivity (Wildman–Crippen MR) is 108 cm³/mol. The fraction of sp³-hybridized carbons (Fsp3) is 0.450. The van der Waals surface area contributed by atoms with E-state index in [0.29, 0.717) is 12.8 Å². The Morgan fingerprint density at radius 1 is 1.07 bits per heavy atom. The number of nitrogen functional groups attached to an aromatic ring is 1. The van der Waals surface area contributed by atoms with E-state index in [4.69, 9.17) is 5.73 Å². The molecule has 0 unspecified atom stereocenters. The van der Waals surface area contributed by atoms with Crippen LogP contribution < -0.4 is 16.4 Å². The van der Waals surface area contributed by atoms with Gasteiger partial charge in [-0.25, -0.2) is 4.79 Å². The zero-order valence-corrected chi connectivity index (χ0v) is 16.4. The SMILES string of the molecule is Cc1ccc(Nc2nc(N)nc(CN3C(=O)NC4(CCCCCC4)C3=O)n2)cc1. The molecule has 1 aliphatic carbocycles. The van der Waals surface area contributed by atoms with E-state index in [1.165, 1.54) is 4.90 Å². The van der Waals surface area contributed by atoms with Crippen molar-refractivity contribution in [2.75, 3.05) is 11.1 Å². The Labute approximate surface area is 169 Å². The first-order valence-corrected chi connectivity index (χ1v) is 9.93. The number of nitrogens with zero attached hydrogens (tertiary/aromatic N) is 4. The highest BCUT2D eigenvalue weighted by molar-refractivity contribution is 6.06. The van der Waals surface area contributed by atoms with Gasteiger partial charge in [0.25, 0.3) is 5.91 Å². The molecule has 1 aromatic heterocycles. The lowest BCUT2D eigenvalue weighted by Crippen LogP contribution is -2.46. The van der Waals surface area contributed by atoms with Crippen LogP contribution in [0.5, 0.6) is 0 Å². The molecule has 1 spiro atoms. The number of hydrogen-bond acceptors (Lipinski definition) is 7. The number of carbonyl (C=O) groups excluding carboxylic acids is 2. The molecular formula is C20H25N7O2. The van der Waals surface area contributed by atoms with Crippen molar-refractivity contribution < 1.29 is 9.59 Å². The Balaban J connectivity index is 1.53. The average Bonchev–Trinajstić information content (AvgIpc) is 2.84. The van der Waals surface area contributed by atoms with E-state index >= 15 is 0 Å². The Morgan fingerprint density at radius 2 is 1.76 bits per heavy atom. The van der Waals surface area contributed by atoms with E-state index in [9.17, 15) is 9.59 Å². The largest absolute Gasteiger partial charge is 0.368 e. The molecule has 2 aromatic rings. The van der Waals surface area contributed by atoms with E-state index in [1.54, 1.807) is 0 Å². The highest BCUT2D eigenvalue weighted by Crippen LogP contribution is 2.33. The van der Waals surface area contributed by atoms with Crippen LogP contribution in [0, 0.1) is 6.92 Å². The molecule has 9 nitrogen and oxygen atoms in total. The molecule has 2 heterocycles. The molecule has 1 aliphatic heterocycles. The summed E-state index contributed by atoms with van der Waals surface area (Å²) in [6.45, 7) is 1.96. The van der Waals surface area contributed by atoms with E-state index in [-0.39, 0.29) is 30.2 Å². The van der Waals surface area contributed by atoms with Crippen LogP contribution in [0.15, 0.2) is 24.3 Å². The minimum Gasteiger partial charge on any atom is -0.368 e. The van der Waals surface area contributed by atoms with Crippen molar-refractivity contribution >= 4 is 29.5 Å². The molecule has 4 N–H and O–H groups in total. The zero-order valence-electron chi connectivity index (χ0n) is 16.4. The smallest absolute Gasteiger partial charge is 0.325 e. The average molecular weight is 395 g/mol. The molecule has 1 saturated carbocycles. The van der Waals surface area contributed by atoms with Crippen LogP contribution in [0.2, 0.25) is 0 Å². The number of aromatic nitrogens is 3. The lowest BCUT2D eigenvalue weighted by Gasteiger charge is -2.24. The second-order valence-corrected chi connectivity index (χ2v) is 7.74. The Morgan fingerprint density at radius 3 is 2.45 bits per heavy atom. The van der Waals surface area contributed by atoms with Gasteiger partial charge >= 0.3 is 6.03 Å². The van der Waals surface area contributed by atoms with Gasteiger partial charge in [0.1, 0.15) is 5.54 Å². The Kier molecular flexibility index (Phi) is 5.04. The highest BCUT2D eigenvalue weighted by Gasteiger charge is 2.50. The summed E-state index contributed by atoms with van der Waals surface area (Å²) in [5.74, 6) is 0.367. The summed E-state index contributed by atoms with van der Waals surface area (Å²) in [4.78, 5) is 39.4. The molecular weight excluding hydrogens is 370 g/mol. The lowest BCUT2D eigenvalue weighted by atomic mass is 9.90. The van der Waals surface area contributed by atoms with Crippen molar-refractivity contribution in [2.24, 2.45) is 0 Å². The molecule has 0 bridgehead atoms. The molecule has 4 rings (SSSR count). The minimum absolute atomic E-state index is 0.0286. The number of imide groups is 1. The number of nitrogens with two attached hydrogens (primary N) is 1. The van der Waals surface area contributed by atoms with Crippen LogP contribution in [0.1, 0.15) is 49.9 Å². The molecule has 0 radical (unpaired) electrons. The van der Waals surface area contributed by atoms with Crippen molar-refractivity contribution in [2.45, 2.75) is 57.5 Å². The van der Waals surface area contributed by atoms with Crippen LogP contribution in [0.3, 0.4) is 0 Å².